The van der Waals surface area contributed by atoms with E-state index in [-0.39, 0.29) is 29.0 Å². The van der Waals surface area contributed by atoms with E-state index in [4.69, 9.17) is 16.3 Å². The zero-order valence-corrected chi connectivity index (χ0v) is 19.2. The van der Waals surface area contributed by atoms with Crippen molar-refractivity contribution in [3.63, 3.8) is 0 Å². The lowest BCUT2D eigenvalue weighted by molar-refractivity contribution is 0.122. The van der Waals surface area contributed by atoms with Crippen molar-refractivity contribution in [2.75, 3.05) is 57.4 Å². The summed E-state index contributed by atoms with van der Waals surface area (Å²) in [5.74, 6) is 0.853. The average Bonchev–Trinajstić information content (AvgIpc) is 2.83. The highest BCUT2D eigenvalue weighted by Crippen LogP contribution is 2.25. The van der Waals surface area contributed by atoms with Crippen molar-refractivity contribution < 1.29 is 17.9 Å². The number of piperazine rings is 1. The molecule has 172 valence electrons. The molecule has 0 atom stereocenters. The normalized spacial score (nSPS) is 17.9. The van der Waals surface area contributed by atoms with Gasteiger partial charge in [-0.25, -0.2) is 18.2 Å². The van der Waals surface area contributed by atoms with Gasteiger partial charge in [-0.05, 0) is 18.2 Å². The van der Waals surface area contributed by atoms with Crippen LogP contribution in [0.5, 0.6) is 0 Å². The van der Waals surface area contributed by atoms with Crippen LogP contribution in [0.15, 0.2) is 47.5 Å². The Morgan fingerprint density at radius 3 is 2.47 bits per heavy atom. The summed E-state index contributed by atoms with van der Waals surface area (Å²) < 4.78 is 32.5. The Balaban J connectivity index is 1.33. The van der Waals surface area contributed by atoms with Gasteiger partial charge in [0.15, 0.2) is 0 Å². The van der Waals surface area contributed by atoms with Crippen molar-refractivity contribution in [2.45, 2.75) is 11.4 Å². The number of carbonyl (C=O) groups excluding carboxylic acids is 1. The number of nitrogens with zero attached hydrogens (tertiary/aromatic N) is 4. The number of pyridine rings is 1. The maximum absolute atomic E-state index is 12.9. The lowest BCUT2D eigenvalue weighted by Gasteiger charge is -2.34. The van der Waals surface area contributed by atoms with E-state index >= 15 is 0 Å². The van der Waals surface area contributed by atoms with E-state index in [0.29, 0.717) is 32.8 Å². The van der Waals surface area contributed by atoms with E-state index in [0.717, 1.165) is 24.5 Å². The number of rotatable bonds is 5. The van der Waals surface area contributed by atoms with Gasteiger partial charge < -0.3 is 19.9 Å². The number of hydrogen-bond donors (Lipinski definition) is 1. The number of ether oxygens (including phenoxy) is 1. The number of morpholine rings is 1. The molecular formula is C21H26ClN5O4S. The third kappa shape index (κ3) is 4.98. The lowest BCUT2D eigenvalue weighted by Crippen LogP contribution is -2.53. The molecule has 3 heterocycles. The number of anilines is 1. The smallest absolute Gasteiger partial charge is 0.317 e. The Bertz CT molecular complexity index is 1050. The molecule has 2 aromatic rings. The fraction of sp³-hybridized carbons (Fsp3) is 0.429. The standard InChI is InChI=1S/C21H26ClN5O4S/c22-18-5-1-2-6-19(18)32(29,30)27-10-8-26(9-11-27)21(28)24-16-17-4-3-7-23-20(17)25-12-14-31-15-13-25/h1-7H,8-16H2,(H,24,28). The second-order valence-electron chi connectivity index (χ2n) is 7.57. The first kappa shape index (κ1) is 22.8. The van der Waals surface area contributed by atoms with Gasteiger partial charge in [0.1, 0.15) is 10.7 Å². The van der Waals surface area contributed by atoms with E-state index in [1.807, 2.05) is 12.1 Å². The van der Waals surface area contributed by atoms with E-state index in [9.17, 15) is 13.2 Å². The first-order valence-corrected chi connectivity index (χ1v) is 12.3. The maximum atomic E-state index is 12.9. The van der Waals surface area contributed by atoms with Crippen LogP contribution in [0.2, 0.25) is 5.02 Å². The topological polar surface area (TPSA) is 95.1 Å². The predicted octanol–water partition coefficient (Wildman–Crippen LogP) is 1.79. The summed E-state index contributed by atoms with van der Waals surface area (Å²) in [6.07, 6.45) is 1.74. The van der Waals surface area contributed by atoms with Gasteiger partial charge in [0, 0.05) is 57.6 Å². The third-order valence-corrected chi connectivity index (χ3v) is 7.99. The molecule has 9 nitrogen and oxygen atoms in total. The van der Waals surface area contributed by atoms with Gasteiger partial charge >= 0.3 is 6.03 Å². The Labute approximate surface area is 193 Å². The summed E-state index contributed by atoms with van der Waals surface area (Å²) in [7, 11) is -3.70. The molecule has 2 fully saturated rings. The van der Waals surface area contributed by atoms with Gasteiger partial charge in [0.05, 0.1) is 18.2 Å². The molecule has 0 bridgehead atoms. The fourth-order valence-corrected chi connectivity index (χ4v) is 5.75. The molecule has 2 aliphatic heterocycles. The quantitative estimate of drug-likeness (QED) is 0.702. The van der Waals surface area contributed by atoms with Crippen molar-refractivity contribution in [1.29, 1.82) is 0 Å². The van der Waals surface area contributed by atoms with Crippen LogP contribution in [-0.2, 0) is 21.3 Å². The first-order chi connectivity index (χ1) is 15.5. The monoisotopic (exact) mass is 479 g/mol. The van der Waals surface area contributed by atoms with E-state index in [2.05, 4.69) is 15.2 Å². The minimum Gasteiger partial charge on any atom is -0.378 e. The van der Waals surface area contributed by atoms with E-state index in [1.54, 1.807) is 29.3 Å². The van der Waals surface area contributed by atoms with Crippen LogP contribution in [0.25, 0.3) is 0 Å². The number of carbonyl (C=O) groups is 1. The summed E-state index contributed by atoms with van der Waals surface area (Å²) in [5.41, 5.74) is 0.933. The number of sulfonamides is 1. The number of benzene rings is 1. The van der Waals surface area contributed by atoms with Gasteiger partial charge in [0.25, 0.3) is 0 Å². The van der Waals surface area contributed by atoms with Crippen LogP contribution < -0.4 is 10.2 Å². The highest BCUT2D eigenvalue weighted by molar-refractivity contribution is 7.89. The molecule has 1 N–H and O–H groups in total. The van der Waals surface area contributed by atoms with Crippen LogP contribution in [0.1, 0.15) is 5.56 Å². The second kappa shape index (κ2) is 10.0. The van der Waals surface area contributed by atoms with Crippen LogP contribution in [-0.4, -0.2) is 81.1 Å². The van der Waals surface area contributed by atoms with E-state index < -0.39 is 10.0 Å². The second-order valence-corrected chi connectivity index (χ2v) is 9.88. The Kier molecular flexibility index (Phi) is 7.14. The molecule has 0 aliphatic carbocycles. The summed E-state index contributed by atoms with van der Waals surface area (Å²) in [6.45, 7) is 4.22. The molecule has 1 aromatic heterocycles. The number of amides is 2. The van der Waals surface area contributed by atoms with Crippen molar-refractivity contribution in [3.05, 3.63) is 53.2 Å². The predicted molar refractivity (Wildman–Crippen MR) is 121 cm³/mol. The van der Waals surface area contributed by atoms with Crippen LogP contribution >= 0.6 is 11.6 Å². The number of hydrogen-bond acceptors (Lipinski definition) is 6. The van der Waals surface area contributed by atoms with Crippen molar-refractivity contribution >= 4 is 33.5 Å². The van der Waals surface area contributed by atoms with Gasteiger partial charge in [0.2, 0.25) is 10.0 Å². The summed E-state index contributed by atoms with van der Waals surface area (Å²) in [5, 5.41) is 3.14. The molecule has 2 saturated heterocycles. The molecule has 32 heavy (non-hydrogen) atoms. The molecule has 0 unspecified atom stereocenters. The first-order valence-electron chi connectivity index (χ1n) is 10.5. The number of urea groups is 1. The highest BCUT2D eigenvalue weighted by Gasteiger charge is 2.31. The zero-order valence-electron chi connectivity index (χ0n) is 17.6. The van der Waals surface area contributed by atoms with Crippen LogP contribution in [0, 0.1) is 0 Å². The van der Waals surface area contributed by atoms with Gasteiger partial charge in [-0.3, -0.25) is 0 Å². The summed E-state index contributed by atoms with van der Waals surface area (Å²) in [4.78, 5) is 21.1. The zero-order chi connectivity index (χ0) is 22.6. The third-order valence-electron chi connectivity index (χ3n) is 5.59. The molecular weight excluding hydrogens is 454 g/mol. The maximum Gasteiger partial charge on any atom is 0.317 e. The molecule has 1 aromatic carbocycles. The minimum atomic E-state index is -3.70. The van der Waals surface area contributed by atoms with E-state index in [1.165, 1.54) is 10.4 Å². The number of nitrogens with one attached hydrogen (secondary N) is 1. The van der Waals surface area contributed by atoms with Crippen molar-refractivity contribution in [3.8, 4) is 0 Å². The Morgan fingerprint density at radius 1 is 1.03 bits per heavy atom. The Hall–Kier alpha value is -2.40. The highest BCUT2D eigenvalue weighted by atomic mass is 35.5. The average molecular weight is 480 g/mol. The SMILES string of the molecule is O=C(NCc1cccnc1N1CCOCC1)N1CCN(S(=O)(=O)c2ccccc2Cl)CC1. The van der Waals surface area contributed by atoms with Crippen LogP contribution in [0.4, 0.5) is 10.6 Å². The van der Waals surface area contributed by atoms with Crippen molar-refractivity contribution in [2.24, 2.45) is 0 Å². The molecule has 4 rings (SSSR count). The lowest BCUT2D eigenvalue weighted by atomic mass is 10.2. The summed E-state index contributed by atoms with van der Waals surface area (Å²) in [6, 6.07) is 9.97. The van der Waals surface area contributed by atoms with Gasteiger partial charge in [-0.15, -0.1) is 0 Å². The number of halogens is 1. The molecule has 11 heteroatoms. The Morgan fingerprint density at radius 2 is 1.75 bits per heavy atom. The minimum absolute atomic E-state index is 0.0896. The number of aromatic nitrogens is 1. The van der Waals surface area contributed by atoms with Crippen LogP contribution in [0.3, 0.4) is 0 Å². The fourth-order valence-electron chi connectivity index (χ4n) is 3.84. The summed E-state index contributed by atoms with van der Waals surface area (Å²) >= 11 is 6.08. The molecule has 0 saturated carbocycles. The van der Waals surface area contributed by atoms with Gasteiger partial charge in [-0.1, -0.05) is 29.8 Å². The largest absolute Gasteiger partial charge is 0.378 e. The molecule has 2 amide bonds. The van der Waals surface area contributed by atoms with Gasteiger partial charge in [-0.2, -0.15) is 4.31 Å². The molecule has 2 aliphatic rings. The molecule has 0 spiro atoms. The molecule has 0 radical (unpaired) electrons. The van der Waals surface area contributed by atoms with Crippen molar-refractivity contribution in [1.82, 2.24) is 19.5 Å².